The molecular formula is C20H18ClN7O4. The molecule has 3 aromatic heterocycles. The third-order valence-electron chi connectivity index (χ3n) is 4.79. The first-order chi connectivity index (χ1) is 15.3. The minimum Gasteiger partial charge on any atom is -0.361 e. The zero-order valence-corrected chi connectivity index (χ0v) is 17.9. The monoisotopic (exact) mass is 455 g/mol. The van der Waals surface area contributed by atoms with Crippen molar-refractivity contribution in [3.63, 3.8) is 0 Å². The molecule has 3 heterocycles. The standard InChI is InChI=1S/C20H18ClN7O4/c1-12-6-18(28(30)31)24-27(12)11-17-13(2)32-25-19(17)20(29)23-16-5-3-4-14(7-16)9-26-10-15(21)8-22-26/h3-8,10H,9,11H2,1-2H3,(H,23,29). The minimum atomic E-state index is -0.568. The fraction of sp³-hybridized carbons (Fsp3) is 0.200. The van der Waals surface area contributed by atoms with Crippen LogP contribution in [0.2, 0.25) is 5.02 Å². The molecule has 0 fully saturated rings. The highest BCUT2D eigenvalue weighted by Gasteiger charge is 2.24. The number of carbonyl (C=O) groups excluding carboxylic acids is 1. The topological polar surface area (TPSA) is 134 Å². The third-order valence-corrected chi connectivity index (χ3v) is 4.99. The van der Waals surface area contributed by atoms with Crippen molar-refractivity contribution in [2.24, 2.45) is 0 Å². The minimum absolute atomic E-state index is 0.0873. The molecule has 0 unspecified atom stereocenters. The molecule has 4 rings (SSSR count). The van der Waals surface area contributed by atoms with Crippen LogP contribution in [0.3, 0.4) is 0 Å². The SMILES string of the molecule is Cc1onc(C(=O)Nc2cccc(Cn3cc(Cl)cn3)c2)c1Cn1nc([N+](=O)[O-])cc1C. The van der Waals surface area contributed by atoms with Crippen LogP contribution in [0.5, 0.6) is 0 Å². The number of rotatable bonds is 7. The Labute approximate surface area is 186 Å². The van der Waals surface area contributed by atoms with Crippen molar-refractivity contribution in [1.82, 2.24) is 24.7 Å². The normalized spacial score (nSPS) is 11.0. The third kappa shape index (κ3) is 4.52. The second-order valence-electron chi connectivity index (χ2n) is 7.14. The Balaban J connectivity index is 1.52. The van der Waals surface area contributed by atoms with Crippen molar-refractivity contribution in [3.8, 4) is 0 Å². The van der Waals surface area contributed by atoms with Gasteiger partial charge in [-0.2, -0.15) is 9.78 Å². The van der Waals surface area contributed by atoms with Crippen molar-refractivity contribution in [2.45, 2.75) is 26.9 Å². The zero-order chi connectivity index (χ0) is 22.8. The van der Waals surface area contributed by atoms with Crippen molar-refractivity contribution >= 4 is 29.0 Å². The molecule has 4 aromatic rings. The van der Waals surface area contributed by atoms with Gasteiger partial charge in [0.05, 0.1) is 46.7 Å². The van der Waals surface area contributed by atoms with Crippen LogP contribution in [0.1, 0.15) is 33.1 Å². The van der Waals surface area contributed by atoms with E-state index in [1.807, 2.05) is 18.2 Å². The van der Waals surface area contributed by atoms with Crippen LogP contribution in [0, 0.1) is 24.0 Å². The van der Waals surface area contributed by atoms with Gasteiger partial charge in [0, 0.05) is 11.9 Å². The number of aryl methyl sites for hydroxylation is 2. The van der Waals surface area contributed by atoms with Gasteiger partial charge in [-0.25, -0.2) is 0 Å². The molecule has 32 heavy (non-hydrogen) atoms. The lowest BCUT2D eigenvalue weighted by molar-refractivity contribution is -0.389. The average Bonchev–Trinajstić information content (AvgIpc) is 3.42. The molecule has 1 N–H and O–H groups in total. The number of benzene rings is 1. The van der Waals surface area contributed by atoms with Gasteiger partial charge in [-0.3, -0.25) is 9.48 Å². The fourth-order valence-corrected chi connectivity index (χ4v) is 3.35. The molecule has 164 valence electrons. The van der Waals surface area contributed by atoms with Gasteiger partial charge in [-0.15, -0.1) is 0 Å². The zero-order valence-electron chi connectivity index (χ0n) is 17.1. The van der Waals surface area contributed by atoms with E-state index in [4.69, 9.17) is 16.1 Å². The quantitative estimate of drug-likeness (QED) is 0.332. The Kier molecular flexibility index (Phi) is 5.73. The van der Waals surface area contributed by atoms with E-state index in [1.165, 1.54) is 10.7 Å². The fourth-order valence-electron chi connectivity index (χ4n) is 3.20. The van der Waals surface area contributed by atoms with Gasteiger partial charge in [-0.1, -0.05) is 28.9 Å². The highest BCUT2D eigenvalue weighted by Crippen LogP contribution is 2.20. The summed E-state index contributed by atoms with van der Waals surface area (Å²) >= 11 is 5.90. The van der Waals surface area contributed by atoms with E-state index in [1.54, 1.807) is 37.0 Å². The van der Waals surface area contributed by atoms with E-state index in [9.17, 15) is 14.9 Å². The highest BCUT2D eigenvalue weighted by atomic mass is 35.5. The Morgan fingerprint density at radius 3 is 2.78 bits per heavy atom. The number of anilines is 1. The number of halogens is 1. The van der Waals surface area contributed by atoms with Crippen molar-refractivity contribution < 1.29 is 14.2 Å². The molecule has 0 saturated carbocycles. The molecule has 0 saturated heterocycles. The van der Waals surface area contributed by atoms with Crippen LogP contribution in [0.25, 0.3) is 0 Å². The van der Waals surface area contributed by atoms with Gasteiger partial charge >= 0.3 is 5.82 Å². The summed E-state index contributed by atoms with van der Waals surface area (Å²) in [6, 6.07) is 8.66. The number of aromatic nitrogens is 5. The van der Waals surface area contributed by atoms with E-state index < -0.39 is 10.8 Å². The Morgan fingerprint density at radius 1 is 1.28 bits per heavy atom. The average molecular weight is 456 g/mol. The van der Waals surface area contributed by atoms with Gasteiger partial charge in [0.15, 0.2) is 5.69 Å². The smallest absolute Gasteiger partial charge is 0.361 e. The lowest BCUT2D eigenvalue weighted by atomic mass is 10.1. The van der Waals surface area contributed by atoms with E-state index in [-0.39, 0.29) is 18.1 Å². The molecule has 0 spiro atoms. The number of hydrogen-bond donors (Lipinski definition) is 1. The molecule has 0 bridgehead atoms. The second kappa shape index (κ2) is 8.63. The predicted molar refractivity (Wildman–Crippen MR) is 115 cm³/mol. The molecule has 12 heteroatoms. The maximum atomic E-state index is 12.9. The molecule has 11 nitrogen and oxygen atoms in total. The number of carbonyl (C=O) groups is 1. The summed E-state index contributed by atoms with van der Waals surface area (Å²) in [5, 5.41) is 26.3. The Bertz CT molecular complexity index is 1310. The van der Waals surface area contributed by atoms with Crippen LogP contribution < -0.4 is 5.32 Å². The maximum Gasteiger partial charge on any atom is 0.390 e. The summed E-state index contributed by atoms with van der Waals surface area (Å²) in [5.74, 6) is -0.301. The van der Waals surface area contributed by atoms with Crippen LogP contribution >= 0.6 is 11.6 Å². The van der Waals surface area contributed by atoms with Gasteiger partial charge in [0.1, 0.15) is 5.76 Å². The molecule has 1 aromatic carbocycles. The largest absolute Gasteiger partial charge is 0.390 e. The van der Waals surface area contributed by atoms with Crippen LogP contribution in [0.15, 0.2) is 47.2 Å². The van der Waals surface area contributed by atoms with E-state index in [0.29, 0.717) is 34.3 Å². The first-order valence-corrected chi connectivity index (χ1v) is 9.90. The highest BCUT2D eigenvalue weighted by molar-refractivity contribution is 6.30. The van der Waals surface area contributed by atoms with E-state index in [0.717, 1.165) is 5.56 Å². The lowest BCUT2D eigenvalue weighted by Crippen LogP contribution is -2.16. The van der Waals surface area contributed by atoms with Crippen LogP contribution in [-0.2, 0) is 13.1 Å². The van der Waals surface area contributed by atoms with Crippen molar-refractivity contribution in [1.29, 1.82) is 0 Å². The Morgan fingerprint density at radius 2 is 2.09 bits per heavy atom. The van der Waals surface area contributed by atoms with Gasteiger partial charge in [0.25, 0.3) is 5.91 Å². The number of nitrogens with one attached hydrogen (secondary N) is 1. The number of amides is 1. The summed E-state index contributed by atoms with van der Waals surface area (Å²) in [5.41, 5.74) is 2.65. The molecular weight excluding hydrogens is 438 g/mol. The molecule has 1 amide bonds. The van der Waals surface area contributed by atoms with E-state index >= 15 is 0 Å². The maximum absolute atomic E-state index is 12.9. The summed E-state index contributed by atoms with van der Waals surface area (Å²) in [6.45, 7) is 3.96. The molecule has 0 aliphatic carbocycles. The van der Waals surface area contributed by atoms with E-state index in [2.05, 4.69) is 20.7 Å². The summed E-state index contributed by atoms with van der Waals surface area (Å²) in [7, 11) is 0. The number of nitro groups is 1. The summed E-state index contributed by atoms with van der Waals surface area (Å²) < 4.78 is 8.34. The summed E-state index contributed by atoms with van der Waals surface area (Å²) in [4.78, 5) is 23.3. The van der Waals surface area contributed by atoms with Gasteiger partial charge < -0.3 is 20.0 Å². The molecule has 0 aliphatic rings. The second-order valence-corrected chi connectivity index (χ2v) is 7.57. The van der Waals surface area contributed by atoms with Crippen molar-refractivity contribution in [2.75, 3.05) is 5.32 Å². The van der Waals surface area contributed by atoms with Crippen LogP contribution in [-0.4, -0.2) is 35.5 Å². The number of nitrogens with zero attached hydrogens (tertiary/aromatic N) is 6. The Hall–Kier alpha value is -3.99. The summed E-state index contributed by atoms with van der Waals surface area (Å²) in [6.07, 6.45) is 3.26. The molecule has 0 aliphatic heterocycles. The predicted octanol–water partition coefficient (Wildman–Crippen LogP) is 3.59. The molecule has 0 atom stereocenters. The van der Waals surface area contributed by atoms with Gasteiger partial charge in [0.2, 0.25) is 0 Å². The number of hydrogen-bond acceptors (Lipinski definition) is 7. The first-order valence-electron chi connectivity index (χ1n) is 9.52. The lowest BCUT2D eigenvalue weighted by Gasteiger charge is -2.08. The van der Waals surface area contributed by atoms with Crippen LogP contribution in [0.4, 0.5) is 11.5 Å². The first kappa shape index (κ1) is 21.2. The molecule has 0 radical (unpaired) electrons. The van der Waals surface area contributed by atoms with Crippen molar-refractivity contribution in [3.05, 3.63) is 86.1 Å². The van der Waals surface area contributed by atoms with Gasteiger partial charge in [-0.05, 0) is 36.5 Å².